The van der Waals surface area contributed by atoms with E-state index in [1.54, 1.807) is 31.2 Å². The Kier molecular flexibility index (Phi) is 5.18. The van der Waals surface area contributed by atoms with Gasteiger partial charge in [-0.2, -0.15) is 0 Å². The fourth-order valence-corrected chi connectivity index (χ4v) is 2.21. The summed E-state index contributed by atoms with van der Waals surface area (Å²) >= 11 is 5.86. The van der Waals surface area contributed by atoms with Gasteiger partial charge in [-0.05, 0) is 49.2 Å². The van der Waals surface area contributed by atoms with Gasteiger partial charge in [0.2, 0.25) is 0 Å². The molecule has 1 amide bonds. The number of nitro benzene ring substituents is 1. The van der Waals surface area contributed by atoms with Crippen molar-refractivity contribution in [1.82, 2.24) is 0 Å². The SMILES string of the molecule is Cc1ccc([N+](=O)[O-])c(OCC(=O)Nc2ccc(Cl)cc2C)c1. The number of anilines is 1. The summed E-state index contributed by atoms with van der Waals surface area (Å²) in [5, 5.41) is 14.2. The Hall–Kier alpha value is -2.60. The second-order valence-electron chi connectivity index (χ2n) is 5.02. The molecule has 0 spiro atoms. The Morgan fingerprint density at radius 2 is 2.00 bits per heavy atom. The van der Waals surface area contributed by atoms with Crippen LogP contribution in [0.4, 0.5) is 11.4 Å². The van der Waals surface area contributed by atoms with E-state index < -0.39 is 10.8 Å². The van der Waals surface area contributed by atoms with Gasteiger partial charge in [-0.1, -0.05) is 17.7 Å². The van der Waals surface area contributed by atoms with Crippen LogP contribution in [0.2, 0.25) is 5.02 Å². The molecule has 0 bridgehead atoms. The first kappa shape index (κ1) is 16.8. The minimum absolute atomic E-state index is 0.0676. The fraction of sp³-hybridized carbons (Fsp3) is 0.188. The lowest BCUT2D eigenvalue weighted by atomic mass is 10.2. The average Bonchev–Trinajstić information content (AvgIpc) is 2.48. The number of aryl methyl sites for hydroxylation is 2. The number of hydrogen-bond donors (Lipinski definition) is 1. The van der Waals surface area contributed by atoms with Gasteiger partial charge in [-0.15, -0.1) is 0 Å². The van der Waals surface area contributed by atoms with Gasteiger partial charge in [-0.25, -0.2) is 0 Å². The van der Waals surface area contributed by atoms with E-state index in [4.69, 9.17) is 16.3 Å². The van der Waals surface area contributed by atoms with E-state index in [1.807, 2.05) is 6.92 Å². The molecule has 0 aliphatic rings. The van der Waals surface area contributed by atoms with Crippen molar-refractivity contribution in [2.75, 3.05) is 11.9 Å². The zero-order valence-corrected chi connectivity index (χ0v) is 13.4. The van der Waals surface area contributed by atoms with E-state index in [1.165, 1.54) is 12.1 Å². The second-order valence-corrected chi connectivity index (χ2v) is 5.46. The van der Waals surface area contributed by atoms with Crippen molar-refractivity contribution in [1.29, 1.82) is 0 Å². The number of halogens is 1. The van der Waals surface area contributed by atoms with Gasteiger partial charge in [0.25, 0.3) is 5.91 Å². The highest BCUT2D eigenvalue weighted by molar-refractivity contribution is 6.30. The fourth-order valence-electron chi connectivity index (χ4n) is 1.98. The molecule has 120 valence electrons. The van der Waals surface area contributed by atoms with E-state index >= 15 is 0 Å². The quantitative estimate of drug-likeness (QED) is 0.664. The summed E-state index contributed by atoms with van der Waals surface area (Å²) < 4.78 is 5.30. The van der Waals surface area contributed by atoms with Crippen molar-refractivity contribution in [3.8, 4) is 5.75 Å². The molecule has 0 radical (unpaired) electrons. The normalized spacial score (nSPS) is 10.2. The Morgan fingerprint density at radius 3 is 2.65 bits per heavy atom. The molecule has 0 saturated carbocycles. The van der Waals surface area contributed by atoms with Crippen LogP contribution in [-0.4, -0.2) is 17.4 Å². The van der Waals surface area contributed by atoms with Crippen LogP contribution in [0.3, 0.4) is 0 Å². The number of carbonyl (C=O) groups excluding carboxylic acids is 1. The monoisotopic (exact) mass is 334 g/mol. The zero-order chi connectivity index (χ0) is 17.0. The van der Waals surface area contributed by atoms with Crippen LogP contribution >= 0.6 is 11.6 Å². The molecule has 0 atom stereocenters. The van der Waals surface area contributed by atoms with E-state index in [9.17, 15) is 14.9 Å². The molecule has 2 aromatic rings. The summed E-state index contributed by atoms with van der Waals surface area (Å²) in [5.74, 6) is -0.343. The molecule has 0 aromatic heterocycles. The van der Waals surface area contributed by atoms with Gasteiger partial charge in [0, 0.05) is 16.8 Å². The third-order valence-electron chi connectivity index (χ3n) is 3.13. The summed E-state index contributed by atoms with van der Waals surface area (Å²) in [6, 6.07) is 9.57. The van der Waals surface area contributed by atoms with Crippen molar-refractivity contribution >= 4 is 28.9 Å². The summed E-state index contributed by atoms with van der Waals surface area (Å²) in [4.78, 5) is 22.4. The first-order chi connectivity index (χ1) is 10.9. The predicted octanol–water partition coefficient (Wildman–Crippen LogP) is 3.88. The number of ether oxygens (including phenoxy) is 1. The highest BCUT2D eigenvalue weighted by atomic mass is 35.5. The molecule has 6 nitrogen and oxygen atoms in total. The van der Waals surface area contributed by atoms with Crippen LogP contribution in [0.25, 0.3) is 0 Å². The third kappa shape index (κ3) is 4.43. The lowest BCUT2D eigenvalue weighted by molar-refractivity contribution is -0.385. The van der Waals surface area contributed by atoms with Crippen molar-refractivity contribution in [3.63, 3.8) is 0 Å². The van der Waals surface area contributed by atoms with Gasteiger partial charge in [0.05, 0.1) is 4.92 Å². The van der Waals surface area contributed by atoms with Crippen molar-refractivity contribution in [2.24, 2.45) is 0 Å². The molecule has 0 saturated heterocycles. The first-order valence-corrected chi connectivity index (χ1v) is 7.18. The Morgan fingerprint density at radius 1 is 1.26 bits per heavy atom. The molecule has 1 N–H and O–H groups in total. The van der Waals surface area contributed by atoms with Gasteiger partial charge in [0.1, 0.15) is 0 Å². The summed E-state index contributed by atoms with van der Waals surface area (Å²) in [5.41, 5.74) is 2.06. The number of nitro groups is 1. The van der Waals surface area contributed by atoms with Crippen LogP contribution < -0.4 is 10.1 Å². The smallest absolute Gasteiger partial charge is 0.310 e. The Balaban J connectivity index is 2.05. The van der Waals surface area contributed by atoms with E-state index in [2.05, 4.69) is 5.32 Å². The van der Waals surface area contributed by atoms with Crippen LogP contribution in [0.1, 0.15) is 11.1 Å². The number of benzene rings is 2. The van der Waals surface area contributed by atoms with E-state index in [0.29, 0.717) is 10.7 Å². The zero-order valence-electron chi connectivity index (χ0n) is 12.6. The number of nitrogens with zero attached hydrogens (tertiary/aromatic N) is 1. The lowest BCUT2D eigenvalue weighted by Gasteiger charge is -2.10. The topological polar surface area (TPSA) is 81.5 Å². The number of amides is 1. The molecule has 2 rings (SSSR count). The van der Waals surface area contributed by atoms with Crippen LogP contribution in [-0.2, 0) is 4.79 Å². The van der Waals surface area contributed by atoms with Crippen LogP contribution in [0.15, 0.2) is 36.4 Å². The molecule has 7 heteroatoms. The molecule has 0 fully saturated rings. The predicted molar refractivity (Wildman–Crippen MR) is 88.1 cm³/mol. The van der Waals surface area contributed by atoms with E-state index in [-0.39, 0.29) is 18.0 Å². The highest BCUT2D eigenvalue weighted by Gasteiger charge is 2.16. The molecule has 0 aliphatic heterocycles. The standard InChI is InChI=1S/C16H15ClN2O4/c1-10-3-6-14(19(21)22)15(7-10)23-9-16(20)18-13-5-4-12(17)8-11(13)2/h3-8H,9H2,1-2H3,(H,18,20). The van der Waals surface area contributed by atoms with Crippen LogP contribution in [0.5, 0.6) is 5.75 Å². The Labute approximate surface area is 138 Å². The van der Waals surface area contributed by atoms with E-state index in [0.717, 1.165) is 11.1 Å². The summed E-state index contributed by atoms with van der Waals surface area (Å²) in [6.45, 7) is 3.27. The minimum atomic E-state index is -0.546. The largest absolute Gasteiger partial charge is 0.477 e. The van der Waals surface area contributed by atoms with Crippen LogP contribution in [0, 0.1) is 24.0 Å². The number of carbonyl (C=O) groups is 1. The number of nitrogens with one attached hydrogen (secondary N) is 1. The van der Waals surface area contributed by atoms with Gasteiger partial charge in [0.15, 0.2) is 12.4 Å². The lowest BCUT2D eigenvalue weighted by Crippen LogP contribution is -2.21. The summed E-state index contributed by atoms with van der Waals surface area (Å²) in [7, 11) is 0. The molecule has 0 heterocycles. The van der Waals surface area contributed by atoms with Crippen molar-refractivity contribution in [2.45, 2.75) is 13.8 Å². The Bertz CT molecular complexity index is 762. The molecule has 0 aliphatic carbocycles. The third-order valence-corrected chi connectivity index (χ3v) is 3.37. The van der Waals surface area contributed by atoms with Gasteiger partial charge in [-0.3, -0.25) is 14.9 Å². The summed E-state index contributed by atoms with van der Waals surface area (Å²) in [6.07, 6.45) is 0. The average molecular weight is 335 g/mol. The maximum Gasteiger partial charge on any atom is 0.310 e. The molecular weight excluding hydrogens is 320 g/mol. The van der Waals surface area contributed by atoms with Crippen molar-refractivity contribution < 1.29 is 14.5 Å². The highest BCUT2D eigenvalue weighted by Crippen LogP contribution is 2.27. The van der Waals surface area contributed by atoms with Gasteiger partial charge < -0.3 is 10.1 Å². The van der Waals surface area contributed by atoms with Gasteiger partial charge >= 0.3 is 5.69 Å². The molecular formula is C16H15ClN2O4. The van der Waals surface area contributed by atoms with Crippen molar-refractivity contribution in [3.05, 3.63) is 62.7 Å². The minimum Gasteiger partial charge on any atom is -0.477 e. The number of hydrogen-bond acceptors (Lipinski definition) is 4. The second kappa shape index (κ2) is 7.11. The first-order valence-electron chi connectivity index (χ1n) is 6.80. The molecule has 0 unspecified atom stereocenters. The number of rotatable bonds is 5. The maximum atomic E-state index is 12.0. The molecule has 2 aromatic carbocycles. The molecule has 23 heavy (non-hydrogen) atoms. The maximum absolute atomic E-state index is 12.0.